The molecule has 1 N–H and O–H groups in total. The summed E-state index contributed by atoms with van der Waals surface area (Å²) in [6, 6.07) is 10.4. The van der Waals surface area contributed by atoms with Crippen molar-refractivity contribution in [2.45, 2.75) is 23.7 Å². The van der Waals surface area contributed by atoms with E-state index in [-0.39, 0.29) is 17.5 Å². The molecule has 26 heavy (non-hydrogen) atoms. The van der Waals surface area contributed by atoms with E-state index in [0.717, 1.165) is 28.3 Å². The Morgan fingerprint density at radius 1 is 1.08 bits per heavy atom. The molecular weight excluding hydrogens is 353 g/mol. The standard InChI is InChI=1S/C20H18FNO3S/c1-24-17-6-3-11(9-18(17)25-2)12-7-15-20(16(23)8-12)26-19-10-13(21)4-5-14(19)22-15/h3-6,9-10,12,22H,7-8H2,1-2H3. The van der Waals surface area contributed by atoms with E-state index in [2.05, 4.69) is 5.32 Å². The minimum absolute atomic E-state index is 0.0659. The Labute approximate surface area is 155 Å². The van der Waals surface area contributed by atoms with Gasteiger partial charge in [0.1, 0.15) is 5.82 Å². The van der Waals surface area contributed by atoms with Crippen LogP contribution in [0.15, 0.2) is 51.9 Å². The van der Waals surface area contributed by atoms with Gasteiger partial charge in [0.05, 0.1) is 24.8 Å². The average Bonchev–Trinajstić information content (AvgIpc) is 2.66. The number of ether oxygens (including phenoxy) is 2. The molecule has 0 saturated heterocycles. The monoisotopic (exact) mass is 371 g/mol. The van der Waals surface area contributed by atoms with Gasteiger partial charge in [0.2, 0.25) is 0 Å². The number of thioether (sulfide) groups is 1. The summed E-state index contributed by atoms with van der Waals surface area (Å²) in [5.41, 5.74) is 2.79. The van der Waals surface area contributed by atoms with E-state index in [4.69, 9.17) is 9.47 Å². The Bertz CT molecular complexity index is 925. The van der Waals surface area contributed by atoms with E-state index in [1.807, 2.05) is 18.2 Å². The number of Topliss-reactive ketones (excluding diaryl/α,β-unsaturated/α-hetero) is 1. The van der Waals surface area contributed by atoms with Crippen LogP contribution < -0.4 is 14.8 Å². The van der Waals surface area contributed by atoms with Crippen LogP contribution in [0.1, 0.15) is 24.3 Å². The summed E-state index contributed by atoms with van der Waals surface area (Å²) < 4.78 is 24.1. The molecule has 1 aliphatic heterocycles. The first-order valence-corrected chi connectivity index (χ1v) is 9.13. The molecule has 2 aromatic carbocycles. The number of benzene rings is 2. The molecule has 0 radical (unpaired) electrons. The van der Waals surface area contributed by atoms with E-state index in [1.54, 1.807) is 20.3 Å². The van der Waals surface area contributed by atoms with Gasteiger partial charge in [0, 0.05) is 17.0 Å². The largest absolute Gasteiger partial charge is 0.493 e. The Morgan fingerprint density at radius 2 is 1.88 bits per heavy atom. The number of fused-ring (bicyclic) bond motifs is 1. The molecule has 0 fully saturated rings. The first-order valence-electron chi connectivity index (χ1n) is 8.31. The summed E-state index contributed by atoms with van der Waals surface area (Å²) in [7, 11) is 3.20. The lowest BCUT2D eigenvalue weighted by Crippen LogP contribution is -2.23. The number of carbonyl (C=O) groups excluding carboxylic acids is 1. The lowest BCUT2D eigenvalue weighted by molar-refractivity contribution is -0.115. The molecular formula is C20H18FNO3S. The number of nitrogens with one attached hydrogen (secondary N) is 1. The van der Waals surface area contributed by atoms with Gasteiger partial charge in [-0.15, -0.1) is 0 Å². The Kier molecular flexibility index (Phi) is 4.36. The molecule has 4 rings (SSSR count). The van der Waals surface area contributed by atoms with Crippen LogP contribution in [-0.2, 0) is 4.79 Å². The van der Waals surface area contributed by atoms with Gasteiger partial charge in [-0.1, -0.05) is 17.8 Å². The first-order chi connectivity index (χ1) is 12.6. The molecule has 1 atom stereocenters. The maximum absolute atomic E-state index is 13.5. The first kappa shape index (κ1) is 17.0. The van der Waals surface area contributed by atoms with E-state index in [1.165, 1.54) is 23.9 Å². The fraction of sp³-hybridized carbons (Fsp3) is 0.250. The summed E-state index contributed by atoms with van der Waals surface area (Å²) in [4.78, 5) is 14.2. The molecule has 2 aliphatic rings. The van der Waals surface area contributed by atoms with Gasteiger partial charge >= 0.3 is 0 Å². The third kappa shape index (κ3) is 2.94. The molecule has 1 unspecified atom stereocenters. The zero-order valence-corrected chi connectivity index (χ0v) is 15.3. The van der Waals surface area contributed by atoms with Crippen LogP contribution in [0, 0.1) is 5.82 Å². The van der Waals surface area contributed by atoms with Gasteiger partial charge in [-0.05, 0) is 48.2 Å². The second kappa shape index (κ2) is 6.68. The van der Waals surface area contributed by atoms with E-state index in [0.29, 0.717) is 22.8 Å². The maximum atomic E-state index is 13.5. The summed E-state index contributed by atoms with van der Waals surface area (Å²) in [6.45, 7) is 0. The van der Waals surface area contributed by atoms with Crippen molar-refractivity contribution >= 4 is 23.2 Å². The van der Waals surface area contributed by atoms with Crippen LogP contribution in [0.3, 0.4) is 0 Å². The van der Waals surface area contributed by atoms with Gasteiger partial charge in [0.25, 0.3) is 0 Å². The highest BCUT2D eigenvalue weighted by molar-refractivity contribution is 8.04. The molecule has 0 saturated carbocycles. The minimum atomic E-state index is -0.298. The highest BCUT2D eigenvalue weighted by Gasteiger charge is 2.32. The second-order valence-electron chi connectivity index (χ2n) is 6.32. The zero-order valence-electron chi connectivity index (χ0n) is 14.5. The van der Waals surface area contributed by atoms with Crippen LogP contribution in [0.25, 0.3) is 0 Å². The van der Waals surface area contributed by atoms with E-state index in [9.17, 15) is 9.18 Å². The second-order valence-corrected chi connectivity index (χ2v) is 7.37. The average molecular weight is 371 g/mol. The number of allylic oxidation sites excluding steroid dienone is 2. The molecule has 1 aliphatic carbocycles. The summed E-state index contributed by atoms with van der Waals surface area (Å²) in [5, 5.41) is 3.32. The normalized spacial score (nSPS) is 18.7. The highest BCUT2D eigenvalue weighted by Crippen LogP contribution is 2.47. The molecule has 2 aromatic rings. The number of anilines is 1. The molecule has 0 amide bonds. The summed E-state index contributed by atoms with van der Waals surface area (Å²) >= 11 is 1.36. The lowest BCUT2D eigenvalue weighted by Gasteiger charge is -2.31. The zero-order chi connectivity index (χ0) is 18.3. The molecule has 0 bridgehead atoms. The maximum Gasteiger partial charge on any atom is 0.171 e. The Balaban J connectivity index is 1.64. The van der Waals surface area contributed by atoms with Crippen LogP contribution in [0.4, 0.5) is 10.1 Å². The van der Waals surface area contributed by atoms with Crippen molar-refractivity contribution in [3.63, 3.8) is 0 Å². The molecule has 1 heterocycles. The number of hydrogen-bond acceptors (Lipinski definition) is 5. The van der Waals surface area contributed by atoms with Gasteiger partial charge in [0.15, 0.2) is 17.3 Å². The van der Waals surface area contributed by atoms with E-state index >= 15 is 0 Å². The minimum Gasteiger partial charge on any atom is -0.493 e. The fourth-order valence-corrected chi connectivity index (χ4v) is 4.50. The van der Waals surface area contributed by atoms with Crippen molar-refractivity contribution in [2.24, 2.45) is 0 Å². The van der Waals surface area contributed by atoms with Gasteiger partial charge in [-0.2, -0.15) is 0 Å². The quantitative estimate of drug-likeness (QED) is 0.846. The third-order valence-corrected chi connectivity index (χ3v) is 5.97. The third-order valence-electron chi connectivity index (χ3n) is 4.73. The molecule has 0 aromatic heterocycles. The van der Waals surface area contributed by atoms with E-state index < -0.39 is 0 Å². The molecule has 6 heteroatoms. The molecule has 134 valence electrons. The van der Waals surface area contributed by atoms with Crippen LogP contribution >= 0.6 is 11.8 Å². The number of methoxy groups -OCH3 is 2. The van der Waals surface area contributed by atoms with Crippen LogP contribution in [0.5, 0.6) is 11.5 Å². The highest BCUT2D eigenvalue weighted by atomic mass is 32.2. The number of hydrogen-bond donors (Lipinski definition) is 1. The van der Waals surface area contributed by atoms with Crippen molar-refractivity contribution in [1.82, 2.24) is 0 Å². The van der Waals surface area contributed by atoms with Crippen molar-refractivity contribution in [3.8, 4) is 11.5 Å². The van der Waals surface area contributed by atoms with Crippen LogP contribution in [-0.4, -0.2) is 20.0 Å². The van der Waals surface area contributed by atoms with Gasteiger partial charge < -0.3 is 14.8 Å². The topological polar surface area (TPSA) is 47.6 Å². The Hall–Kier alpha value is -2.47. The van der Waals surface area contributed by atoms with Gasteiger partial charge in [-0.3, -0.25) is 4.79 Å². The smallest absolute Gasteiger partial charge is 0.171 e. The van der Waals surface area contributed by atoms with Gasteiger partial charge in [-0.25, -0.2) is 4.39 Å². The summed E-state index contributed by atoms with van der Waals surface area (Å²) in [6.07, 6.45) is 1.15. The Morgan fingerprint density at radius 3 is 2.65 bits per heavy atom. The predicted molar refractivity (Wildman–Crippen MR) is 99.4 cm³/mol. The SMILES string of the molecule is COc1ccc(C2CC(=O)C3=C(C2)Nc2ccc(F)cc2S3)cc1OC. The van der Waals surface area contributed by atoms with Crippen molar-refractivity contribution in [3.05, 3.63) is 58.4 Å². The number of rotatable bonds is 3. The van der Waals surface area contributed by atoms with Crippen molar-refractivity contribution in [1.29, 1.82) is 0 Å². The number of carbonyl (C=O) groups is 1. The lowest BCUT2D eigenvalue weighted by atomic mass is 9.85. The van der Waals surface area contributed by atoms with Crippen molar-refractivity contribution < 1.29 is 18.7 Å². The fourth-order valence-electron chi connectivity index (χ4n) is 3.42. The summed E-state index contributed by atoms with van der Waals surface area (Å²) in [5.74, 6) is 1.17. The number of ketones is 1. The molecule has 0 spiro atoms. The molecule has 4 nitrogen and oxygen atoms in total. The predicted octanol–water partition coefficient (Wildman–Crippen LogP) is 4.72. The van der Waals surface area contributed by atoms with Crippen LogP contribution in [0.2, 0.25) is 0 Å². The van der Waals surface area contributed by atoms with Crippen molar-refractivity contribution in [2.75, 3.05) is 19.5 Å². The number of halogens is 1.